The molecule has 0 amide bonds. The third kappa shape index (κ3) is 6.33. The van der Waals surface area contributed by atoms with Crippen LogP contribution in [0.2, 0.25) is 0 Å². The third-order valence-corrected chi connectivity index (χ3v) is 3.18. The number of benzene rings is 1. The minimum Gasteiger partial charge on any atom is -0.504 e. The second-order valence-corrected chi connectivity index (χ2v) is 5.11. The number of allylic oxidation sites excluding steroid dienone is 2. The summed E-state index contributed by atoms with van der Waals surface area (Å²) >= 11 is 0. The van der Waals surface area contributed by atoms with Crippen LogP contribution in [0, 0.1) is 38.6 Å². The number of carbonyl (C=O) groups is 1. The Balaban J connectivity index is 0.000000272. The van der Waals surface area contributed by atoms with Crippen molar-refractivity contribution in [1.29, 1.82) is 0 Å². The maximum Gasteiger partial charge on any atom is 0.454 e. The van der Waals surface area contributed by atoms with Crippen molar-refractivity contribution in [3.05, 3.63) is 60.6 Å². The maximum absolute atomic E-state index is 11.4. The Hall–Kier alpha value is -1.88. The molecule has 0 aliphatic heterocycles. The molecule has 1 N–H and O–H groups in total. The molecule has 0 spiro atoms. The van der Waals surface area contributed by atoms with Gasteiger partial charge in [0.1, 0.15) is 0 Å². The number of aliphatic hydroxyl groups excluding tert-OH is 1. The molecule has 0 saturated carbocycles. The van der Waals surface area contributed by atoms with Crippen LogP contribution in [-0.2, 0) is 4.79 Å². The molecule has 0 bridgehead atoms. The quantitative estimate of drug-likeness (QED) is 0.204. The summed E-state index contributed by atoms with van der Waals surface area (Å²) in [5.74, 6) is -5.34. The van der Waals surface area contributed by atoms with Gasteiger partial charge in [-0.3, -0.25) is 14.8 Å². The number of aliphatic hydroxyl groups is 1. The van der Waals surface area contributed by atoms with E-state index in [1.165, 1.54) is 0 Å². The van der Waals surface area contributed by atoms with E-state index in [4.69, 9.17) is 5.11 Å². The Morgan fingerprint density at radius 3 is 1.61 bits per heavy atom. The van der Waals surface area contributed by atoms with Crippen molar-refractivity contribution in [1.82, 2.24) is 9.97 Å². The summed E-state index contributed by atoms with van der Waals surface area (Å²) in [7, 11) is 0. The number of fused-ring (bicyclic) bond motifs is 3. The second kappa shape index (κ2) is 9.55. The number of ketones is 1. The summed E-state index contributed by atoms with van der Waals surface area (Å²) in [6, 6.07) is 12.1. The molecule has 0 fully saturated rings. The second-order valence-electron chi connectivity index (χ2n) is 5.11. The van der Waals surface area contributed by atoms with E-state index in [0.717, 1.165) is 21.8 Å². The normalized spacial score (nSPS) is 12.1. The van der Waals surface area contributed by atoms with E-state index in [2.05, 4.69) is 34.2 Å². The van der Waals surface area contributed by atoms with Crippen molar-refractivity contribution in [2.24, 2.45) is 0 Å². The summed E-state index contributed by atoms with van der Waals surface area (Å²) in [5.41, 5.74) is 1.95. The minimum atomic E-state index is -5.42. The van der Waals surface area contributed by atoms with Crippen LogP contribution in [0.15, 0.2) is 60.6 Å². The fourth-order valence-corrected chi connectivity index (χ4v) is 1.97. The summed E-state index contributed by atoms with van der Waals surface area (Å²) in [6.45, 7) is 0. The third-order valence-electron chi connectivity index (χ3n) is 3.18. The molecule has 11 heteroatoms. The van der Waals surface area contributed by atoms with E-state index in [1.807, 2.05) is 12.1 Å². The molecule has 2 aromatic heterocycles. The largest absolute Gasteiger partial charge is 0.504 e. The molecule has 0 saturated heterocycles. The van der Waals surface area contributed by atoms with Gasteiger partial charge in [0.05, 0.1) is 11.0 Å². The topological polar surface area (TPSA) is 63.1 Å². The van der Waals surface area contributed by atoms with Crippen LogP contribution in [0.4, 0.5) is 26.3 Å². The molecular formula is C17H10F6N2O2Tb. The minimum absolute atomic E-state index is 0. The van der Waals surface area contributed by atoms with Crippen LogP contribution < -0.4 is 0 Å². The average Bonchev–Trinajstić information content (AvgIpc) is 2.60. The Morgan fingerprint density at radius 2 is 1.25 bits per heavy atom. The van der Waals surface area contributed by atoms with Crippen molar-refractivity contribution in [2.75, 3.05) is 0 Å². The molecule has 3 rings (SSSR count). The number of carbonyl (C=O) groups excluding carboxylic acids is 1. The van der Waals surface area contributed by atoms with E-state index in [-0.39, 0.29) is 38.6 Å². The number of nitrogens with zero attached hydrogens (tertiary/aromatic N) is 2. The molecule has 3 aromatic rings. The van der Waals surface area contributed by atoms with E-state index < -0.39 is 30.0 Å². The molecule has 151 valence electrons. The summed E-state index contributed by atoms with van der Waals surface area (Å²) in [5, 5.41) is 10.2. The van der Waals surface area contributed by atoms with Gasteiger partial charge in [-0.05, 0) is 12.1 Å². The van der Waals surface area contributed by atoms with Gasteiger partial charge < -0.3 is 5.11 Å². The Kier molecular flexibility index (Phi) is 8.24. The van der Waals surface area contributed by atoms with Crippen LogP contribution in [0.3, 0.4) is 0 Å². The number of alkyl halides is 6. The summed E-state index contributed by atoms with van der Waals surface area (Å²) in [4.78, 5) is 18.6. The first-order valence-electron chi connectivity index (χ1n) is 7.17. The zero-order valence-corrected chi connectivity index (χ0v) is 15.7. The molecule has 0 aliphatic rings. The number of hydrogen-bond acceptors (Lipinski definition) is 4. The van der Waals surface area contributed by atoms with Crippen molar-refractivity contribution in [2.45, 2.75) is 12.4 Å². The predicted octanol–water partition coefficient (Wildman–Crippen LogP) is 4.91. The summed E-state index contributed by atoms with van der Waals surface area (Å²) < 4.78 is 68.1. The van der Waals surface area contributed by atoms with Crippen molar-refractivity contribution < 1.29 is 74.9 Å². The van der Waals surface area contributed by atoms with E-state index in [1.54, 1.807) is 12.4 Å². The van der Waals surface area contributed by atoms with Crippen LogP contribution in [0.1, 0.15) is 0 Å². The van der Waals surface area contributed by atoms with Crippen molar-refractivity contribution in [3.63, 3.8) is 0 Å². The average molecular weight is 547 g/mol. The first-order valence-corrected chi connectivity index (χ1v) is 7.17. The van der Waals surface area contributed by atoms with Gasteiger partial charge in [-0.25, -0.2) is 0 Å². The number of hydrogen-bond donors (Lipinski definition) is 1. The van der Waals surface area contributed by atoms with Gasteiger partial charge >= 0.3 is 12.4 Å². The maximum atomic E-state index is 11.4. The standard InChI is InChI=1S/C12H8N2.C5H2F6O2.Tb/c1-3-9-5-6-10-4-2-8-14-12(10)11(9)13-7-1;6-4(7,8)2(12)1-3(13)5(9,10)11;/h1-8H;1,12H;/b;2-1-;. The fourth-order valence-electron chi connectivity index (χ4n) is 1.97. The van der Waals surface area contributed by atoms with Crippen LogP contribution in [0.25, 0.3) is 21.8 Å². The SMILES string of the molecule is O=C(/C=C(\O)C(F)(F)F)C(F)(F)F.[Tb].c1cnc2c(c1)ccc1cccnc12. The Bertz CT molecular complexity index is 947. The van der Waals surface area contributed by atoms with Gasteiger partial charge in [0.2, 0.25) is 5.76 Å². The van der Waals surface area contributed by atoms with Gasteiger partial charge in [-0.2, -0.15) is 26.3 Å². The number of rotatable bonds is 1. The van der Waals surface area contributed by atoms with Gasteiger partial charge in [0.25, 0.3) is 5.78 Å². The van der Waals surface area contributed by atoms with Gasteiger partial charge in [-0.15, -0.1) is 0 Å². The van der Waals surface area contributed by atoms with Gasteiger partial charge in [-0.1, -0.05) is 24.3 Å². The molecule has 1 aromatic carbocycles. The predicted molar refractivity (Wildman–Crippen MR) is 84.9 cm³/mol. The van der Waals surface area contributed by atoms with Crippen LogP contribution in [0.5, 0.6) is 0 Å². The zero-order valence-electron chi connectivity index (χ0n) is 13.5. The smallest absolute Gasteiger partial charge is 0.454 e. The van der Waals surface area contributed by atoms with Crippen molar-refractivity contribution >= 4 is 27.6 Å². The van der Waals surface area contributed by atoms with Crippen LogP contribution in [-0.4, -0.2) is 33.2 Å². The van der Waals surface area contributed by atoms with Crippen molar-refractivity contribution in [3.8, 4) is 0 Å². The number of halogens is 6. The molecule has 0 unspecified atom stereocenters. The fraction of sp³-hybridized carbons (Fsp3) is 0.118. The number of pyridine rings is 2. The Morgan fingerprint density at radius 1 is 0.821 bits per heavy atom. The zero-order chi connectivity index (χ0) is 20.2. The number of aromatic nitrogens is 2. The Labute approximate surface area is 184 Å². The van der Waals surface area contributed by atoms with E-state index in [9.17, 15) is 31.1 Å². The molecule has 1 radical (unpaired) electrons. The summed E-state index contributed by atoms with van der Waals surface area (Å²) in [6.07, 6.45) is -8.08. The monoisotopic (exact) mass is 547 g/mol. The first-order chi connectivity index (χ1) is 12.5. The molecule has 2 heterocycles. The van der Waals surface area contributed by atoms with Crippen LogP contribution >= 0.6 is 0 Å². The molecule has 0 atom stereocenters. The molecular weight excluding hydrogens is 537 g/mol. The van der Waals surface area contributed by atoms with Gasteiger partial charge in [0, 0.05) is 67.9 Å². The van der Waals surface area contributed by atoms with E-state index >= 15 is 0 Å². The van der Waals surface area contributed by atoms with Gasteiger partial charge in [0.15, 0.2) is 0 Å². The molecule has 0 aliphatic carbocycles. The molecule has 4 nitrogen and oxygen atoms in total. The first kappa shape index (κ1) is 24.2. The van der Waals surface area contributed by atoms with E-state index in [0.29, 0.717) is 0 Å². The molecule has 28 heavy (non-hydrogen) atoms.